The molecule has 0 aliphatic rings. The Labute approximate surface area is 94.8 Å². The van der Waals surface area contributed by atoms with E-state index in [1.54, 1.807) is 0 Å². The van der Waals surface area contributed by atoms with Crippen LogP contribution in [0.2, 0.25) is 0 Å². The second kappa shape index (κ2) is 4.80. The van der Waals surface area contributed by atoms with Gasteiger partial charge in [0.25, 0.3) is 5.56 Å². The molecular formula is C8H11N5O4. The van der Waals surface area contributed by atoms with Crippen molar-refractivity contribution < 1.29 is 14.7 Å². The first-order chi connectivity index (χ1) is 8.22. The Morgan fingerprint density at radius 3 is 3.18 bits per heavy atom. The lowest BCUT2D eigenvalue weighted by molar-refractivity contribution is -0.0646. The highest BCUT2D eigenvalue weighted by molar-refractivity contribution is 5.69. The predicted molar refractivity (Wildman–Crippen MR) is 57.0 cm³/mol. The molecule has 0 unspecified atom stereocenters. The van der Waals surface area contributed by atoms with E-state index in [9.17, 15) is 4.79 Å². The van der Waals surface area contributed by atoms with Gasteiger partial charge in [-0.1, -0.05) is 0 Å². The van der Waals surface area contributed by atoms with E-state index in [1.807, 2.05) is 0 Å². The third kappa shape index (κ3) is 2.34. The van der Waals surface area contributed by atoms with Gasteiger partial charge < -0.3 is 20.4 Å². The van der Waals surface area contributed by atoms with Crippen LogP contribution in [0.15, 0.2) is 11.1 Å². The molecular weight excluding hydrogens is 230 g/mol. The number of anilines is 1. The number of rotatable bonds is 5. The Kier molecular flexibility index (Phi) is 3.21. The van der Waals surface area contributed by atoms with Gasteiger partial charge in [-0.05, 0) is 0 Å². The number of aliphatic hydroxyl groups is 1. The molecule has 0 amide bonds. The number of hydrogen-bond acceptors (Lipinski definition) is 7. The van der Waals surface area contributed by atoms with Gasteiger partial charge in [0.05, 0.1) is 13.2 Å². The molecule has 0 bridgehead atoms. The van der Waals surface area contributed by atoms with Crippen molar-refractivity contribution in [1.29, 1.82) is 0 Å². The zero-order valence-electron chi connectivity index (χ0n) is 8.79. The summed E-state index contributed by atoms with van der Waals surface area (Å²) in [4.78, 5) is 26.6. The molecule has 17 heavy (non-hydrogen) atoms. The maximum absolute atomic E-state index is 11.4. The number of H-pyrrole nitrogens is 1. The zero-order valence-corrected chi connectivity index (χ0v) is 8.79. The molecule has 0 aliphatic heterocycles. The van der Waals surface area contributed by atoms with Crippen LogP contribution in [0.3, 0.4) is 0 Å². The lowest BCUT2D eigenvalue weighted by Crippen LogP contribution is -2.18. The molecule has 0 aromatic carbocycles. The van der Waals surface area contributed by atoms with E-state index < -0.39 is 5.56 Å². The summed E-state index contributed by atoms with van der Waals surface area (Å²) >= 11 is 0. The second-order valence-corrected chi connectivity index (χ2v) is 3.07. The van der Waals surface area contributed by atoms with Crippen molar-refractivity contribution in [1.82, 2.24) is 19.7 Å². The van der Waals surface area contributed by atoms with Crippen LogP contribution >= 0.6 is 0 Å². The molecule has 0 spiro atoms. The number of imidazole rings is 1. The fraction of sp³-hybridized carbons (Fsp3) is 0.375. The van der Waals surface area contributed by atoms with Crippen molar-refractivity contribution in [2.75, 3.05) is 25.7 Å². The van der Waals surface area contributed by atoms with Crippen LogP contribution in [0.5, 0.6) is 0 Å². The van der Waals surface area contributed by atoms with Gasteiger partial charge in [-0.3, -0.25) is 9.78 Å². The monoisotopic (exact) mass is 241 g/mol. The molecule has 2 rings (SSSR count). The van der Waals surface area contributed by atoms with Gasteiger partial charge in [0, 0.05) is 0 Å². The maximum atomic E-state index is 11.4. The van der Waals surface area contributed by atoms with Crippen molar-refractivity contribution in [3.8, 4) is 0 Å². The average Bonchev–Trinajstić information content (AvgIpc) is 2.68. The number of nitrogen functional groups attached to an aromatic ring is 1. The lowest BCUT2D eigenvalue weighted by atomic mass is 10.5. The Morgan fingerprint density at radius 1 is 1.59 bits per heavy atom. The minimum absolute atomic E-state index is 0.0240. The number of aromatic amines is 1. The van der Waals surface area contributed by atoms with Gasteiger partial charge in [-0.25, -0.2) is 4.98 Å². The number of nitrogens with one attached hydrogen (secondary N) is 1. The summed E-state index contributed by atoms with van der Waals surface area (Å²) in [5, 5.41) is 8.49. The fourth-order valence-electron chi connectivity index (χ4n) is 1.22. The van der Waals surface area contributed by atoms with Crippen LogP contribution in [-0.4, -0.2) is 44.8 Å². The molecule has 2 aromatic rings. The average molecular weight is 241 g/mol. The van der Waals surface area contributed by atoms with Crippen LogP contribution in [0, 0.1) is 0 Å². The van der Waals surface area contributed by atoms with E-state index in [1.165, 1.54) is 11.1 Å². The van der Waals surface area contributed by atoms with Crippen molar-refractivity contribution in [3.63, 3.8) is 0 Å². The highest BCUT2D eigenvalue weighted by Crippen LogP contribution is 2.04. The molecule has 0 saturated carbocycles. The molecule has 0 aliphatic carbocycles. The molecule has 0 atom stereocenters. The van der Waals surface area contributed by atoms with Crippen molar-refractivity contribution in [2.24, 2.45) is 0 Å². The molecule has 9 heteroatoms. The first-order valence-electron chi connectivity index (χ1n) is 4.77. The van der Waals surface area contributed by atoms with Crippen LogP contribution in [-0.2, 0) is 4.74 Å². The van der Waals surface area contributed by atoms with Crippen LogP contribution in [0.1, 0.15) is 0 Å². The Balaban J connectivity index is 2.21. The molecule has 9 nitrogen and oxygen atoms in total. The lowest BCUT2D eigenvalue weighted by Gasteiger charge is -2.06. The second-order valence-electron chi connectivity index (χ2n) is 3.07. The molecule has 0 fully saturated rings. The van der Waals surface area contributed by atoms with E-state index in [0.29, 0.717) is 0 Å². The Bertz CT molecular complexity index is 563. The number of nitrogens with two attached hydrogens (primary N) is 1. The van der Waals surface area contributed by atoms with Crippen molar-refractivity contribution in [3.05, 3.63) is 16.7 Å². The van der Waals surface area contributed by atoms with Crippen LogP contribution in [0.4, 0.5) is 5.95 Å². The van der Waals surface area contributed by atoms with Gasteiger partial charge in [-0.15, -0.1) is 4.73 Å². The van der Waals surface area contributed by atoms with Gasteiger partial charge in [-0.2, -0.15) is 4.98 Å². The van der Waals surface area contributed by atoms with E-state index in [2.05, 4.69) is 15.0 Å². The topological polar surface area (TPSA) is 128 Å². The highest BCUT2D eigenvalue weighted by Gasteiger charge is 2.09. The van der Waals surface area contributed by atoms with Gasteiger partial charge in [0.15, 0.2) is 5.52 Å². The highest BCUT2D eigenvalue weighted by atomic mass is 16.8. The predicted octanol–water partition coefficient (Wildman–Crippen LogP) is -1.90. The normalized spacial score (nSPS) is 10.9. The summed E-state index contributed by atoms with van der Waals surface area (Å²) in [7, 11) is 0. The summed E-state index contributed by atoms with van der Waals surface area (Å²) in [5.41, 5.74) is 5.30. The molecule has 0 radical (unpaired) electrons. The molecule has 2 aromatic heterocycles. The molecule has 92 valence electrons. The third-order valence-electron chi connectivity index (χ3n) is 1.91. The summed E-state index contributed by atoms with van der Waals surface area (Å²) in [6.07, 6.45) is 1.29. The molecule has 0 saturated heterocycles. The number of aliphatic hydroxyl groups excluding tert-OH is 1. The summed E-state index contributed by atoms with van der Waals surface area (Å²) in [5.74, 6) is -0.0240. The minimum Gasteiger partial charge on any atom is -0.394 e. The zero-order chi connectivity index (χ0) is 12.3. The first kappa shape index (κ1) is 11.4. The van der Waals surface area contributed by atoms with E-state index in [4.69, 9.17) is 20.4 Å². The van der Waals surface area contributed by atoms with Gasteiger partial charge in [0.1, 0.15) is 6.33 Å². The third-order valence-corrected chi connectivity index (χ3v) is 1.91. The molecule has 4 N–H and O–H groups in total. The minimum atomic E-state index is -0.439. The number of fused-ring (bicyclic) bond motifs is 1. The molecule has 2 heterocycles. The van der Waals surface area contributed by atoms with E-state index >= 15 is 0 Å². The summed E-state index contributed by atoms with van der Waals surface area (Å²) in [6.45, 7) is -0.0396. The number of hydrogen-bond donors (Lipinski definition) is 3. The van der Waals surface area contributed by atoms with Crippen molar-refractivity contribution >= 4 is 17.1 Å². The maximum Gasteiger partial charge on any atom is 0.280 e. The van der Waals surface area contributed by atoms with E-state index in [-0.39, 0.29) is 37.1 Å². The quantitative estimate of drug-likeness (QED) is 0.411. The number of aromatic nitrogens is 4. The van der Waals surface area contributed by atoms with E-state index in [0.717, 1.165) is 0 Å². The van der Waals surface area contributed by atoms with Gasteiger partial charge in [0.2, 0.25) is 18.4 Å². The largest absolute Gasteiger partial charge is 0.394 e. The summed E-state index contributed by atoms with van der Waals surface area (Å²) in [6, 6.07) is 0. The SMILES string of the molecule is Nc1nc2c(ncn2OCOCCO)c(=O)[nH]1. The standard InChI is InChI=1S/C8H11N5O4/c9-8-11-6-5(7(15)12-8)10-3-13(6)17-4-16-2-1-14/h3,14H,1-2,4H2,(H3,9,11,12,15). The Hall–Kier alpha value is -2.13. The smallest absolute Gasteiger partial charge is 0.280 e. The Morgan fingerprint density at radius 2 is 2.41 bits per heavy atom. The van der Waals surface area contributed by atoms with Gasteiger partial charge >= 0.3 is 0 Å². The number of ether oxygens (including phenoxy) is 1. The van der Waals surface area contributed by atoms with Crippen molar-refractivity contribution in [2.45, 2.75) is 0 Å². The first-order valence-corrected chi connectivity index (χ1v) is 4.77. The summed E-state index contributed by atoms with van der Waals surface area (Å²) < 4.78 is 6.08. The fourth-order valence-corrected chi connectivity index (χ4v) is 1.22. The number of nitrogens with zero attached hydrogens (tertiary/aromatic N) is 3. The van der Waals surface area contributed by atoms with Crippen LogP contribution in [0.25, 0.3) is 11.2 Å². The van der Waals surface area contributed by atoms with Crippen LogP contribution < -0.4 is 16.1 Å².